The molecule has 6 heteroatoms. The molecule has 5 nitrogen and oxygen atoms in total. The summed E-state index contributed by atoms with van der Waals surface area (Å²) in [6.07, 6.45) is -0.561. The van der Waals surface area contributed by atoms with Crippen molar-refractivity contribution in [3.05, 3.63) is 35.6 Å². The molecule has 0 saturated carbocycles. The van der Waals surface area contributed by atoms with Crippen molar-refractivity contribution >= 4 is 11.9 Å². The molecule has 1 aromatic rings. The molecule has 2 atom stereocenters. The molecule has 1 aromatic carbocycles. The zero-order valence-corrected chi connectivity index (χ0v) is 11.1. The van der Waals surface area contributed by atoms with Crippen molar-refractivity contribution in [2.24, 2.45) is 5.41 Å². The van der Waals surface area contributed by atoms with Crippen LogP contribution in [0.4, 0.5) is 4.39 Å². The highest BCUT2D eigenvalue weighted by Gasteiger charge is 2.53. The Morgan fingerprint density at radius 3 is 2.10 bits per heavy atom. The van der Waals surface area contributed by atoms with Gasteiger partial charge in [0.05, 0.1) is 12.5 Å². The second-order valence-corrected chi connectivity index (χ2v) is 4.95. The SMILES string of the molecule is CC(C#N)(C(=O)O)C(C)(CC(=O)O)c1ccc(F)cc1. The van der Waals surface area contributed by atoms with Crippen molar-refractivity contribution in [2.45, 2.75) is 25.7 Å². The number of carboxylic acids is 2. The fourth-order valence-electron chi connectivity index (χ4n) is 2.09. The maximum Gasteiger partial charge on any atom is 0.324 e. The van der Waals surface area contributed by atoms with Gasteiger partial charge in [0.2, 0.25) is 0 Å². The molecule has 0 aliphatic carbocycles. The van der Waals surface area contributed by atoms with Crippen molar-refractivity contribution in [3.63, 3.8) is 0 Å². The van der Waals surface area contributed by atoms with Gasteiger partial charge in [0.1, 0.15) is 5.82 Å². The molecule has 1 rings (SSSR count). The maximum absolute atomic E-state index is 13.0. The minimum absolute atomic E-state index is 0.285. The van der Waals surface area contributed by atoms with E-state index in [4.69, 9.17) is 5.11 Å². The molecule has 0 saturated heterocycles. The quantitative estimate of drug-likeness (QED) is 0.860. The first-order valence-electron chi connectivity index (χ1n) is 5.80. The highest BCUT2D eigenvalue weighted by Crippen LogP contribution is 2.44. The molecule has 0 fully saturated rings. The van der Waals surface area contributed by atoms with Gasteiger partial charge in [-0.15, -0.1) is 0 Å². The zero-order valence-electron chi connectivity index (χ0n) is 11.1. The summed E-state index contributed by atoms with van der Waals surface area (Å²) in [5.41, 5.74) is -3.16. The van der Waals surface area contributed by atoms with Crippen LogP contribution in [0.25, 0.3) is 0 Å². The Balaban J connectivity index is 3.51. The third-order valence-electron chi connectivity index (χ3n) is 3.74. The minimum Gasteiger partial charge on any atom is -0.481 e. The van der Waals surface area contributed by atoms with Crippen LogP contribution in [0.3, 0.4) is 0 Å². The molecule has 0 aliphatic heterocycles. The van der Waals surface area contributed by atoms with E-state index in [9.17, 15) is 24.3 Å². The predicted molar refractivity (Wildman–Crippen MR) is 67.4 cm³/mol. The third kappa shape index (κ3) is 2.48. The van der Waals surface area contributed by atoms with E-state index >= 15 is 0 Å². The number of nitrogens with zero attached hydrogens (tertiary/aromatic N) is 1. The predicted octanol–water partition coefficient (Wildman–Crippen LogP) is 2.17. The lowest BCUT2D eigenvalue weighted by molar-refractivity contribution is -0.150. The van der Waals surface area contributed by atoms with E-state index in [-0.39, 0.29) is 5.56 Å². The lowest BCUT2D eigenvalue weighted by Gasteiger charge is -2.38. The molecule has 2 unspecified atom stereocenters. The summed E-state index contributed by atoms with van der Waals surface area (Å²) in [5.74, 6) is -3.19. The second-order valence-electron chi connectivity index (χ2n) is 4.95. The smallest absolute Gasteiger partial charge is 0.324 e. The van der Waals surface area contributed by atoms with Gasteiger partial charge < -0.3 is 10.2 Å². The number of rotatable bonds is 5. The van der Waals surface area contributed by atoms with Crippen LogP contribution >= 0.6 is 0 Å². The Morgan fingerprint density at radius 1 is 1.25 bits per heavy atom. The topological polar surface area (TPSA) is 98.4 Å². The summed E-state index contributed by atoms with van der Waals surface area (Å²) >= 11 is 0. The van der Waals surface area contributed by atoms with Gasteiger partial charge in [-0.1, -0.05) is 19.1 Å². The normalized spacial score (nSPS) is 16.5. The summed E-state index contributed by atoms with van der Waals surface area (Å²) < 4.78 is 13.0. The molecule has 0 spiro atoms. The highest BCUT2D eigenvalue weighted by molar-refractivity contribution is 5.82. The van der Waals surface area contributed by atoms with Crippen LogP contribution < -0.4 is 0 Å². The number of halogens is 1. The van der Waals surface area contributed by atoms with Crippen LogP contribution in [0.2, 0.25) is 0 Å². The molecule has 0 heterocycles. The summed E-state index contributed by atoms with van der Waals surface area (Å²) in [7, 11) is 0. The van der Waals surface area contributed by atoms with Gasteiger partial charge in [0, 0.05) is 5.41 Å². The van der Waals surface area contributed by atoms with Crippen LogP contribution in [0, 0.1) is 22.6 Å². The molecular formula is C14H14FNO4. The fraction of sp³-hybridized carbons (Fsp3) is 0.357. The van der Waals surface area contributed by atoms with Crippen molar-refractivity contribution in [1.29, 1.82) is 5.26 Å². The minimum atomic E-state index is -1.96. The number of hydrogen-bond acceptors (Lipinski definition) is 3. The lowest BCUT2D eigenvalue weighted by atomic mass is 9.61. The molecule has 106 valence electrons. The number of carbonyl (C=O) groups is 2. The Kier molecular flexibility index (Phi) is 4.14. The van der Waals surface area contributed by atoms with Gasteiger partial charge in [-0.25, -0.2) is 4.39 Å². The Labute approximate surface area is 115 Å². The highest BCUT2D eigenvalue weighted by atomic mass is 19.1. The van der Waals surface area contributed by atoms with Crippen LogP contribution in [0.1, 0.15) is 25.8 Å². The molecular weight excluding hydrogens is 265 g/mol. The zero-order chi connectivity index (χ0) is 15.6. The average molecular weight is 279 g/mol. The number of carboxylic acid groups (broad SMARTS) is 2. The second kappa shape index (κ2) is 5.29. The van der Waals surface area contributed by atoms with Crippen LogP contribution in [-0.4, -0.2) is 22.2 Å². The van der Waals surface area contributed by atoms with E-state index in [0.717, 1.165) is 12.1 Å². The number of benzene rings is 1. The Hall–Kier alpha value is -2.42. The van der Waals surface area contributed by atoms with E-state index < -0.39 is 35.0 Å². The van der Waals surface area contributed by atoms with E-state index in [2.05, 4.69) is 0 Å². The molecule has 0 amide bonds. The van der Waals surface area contributed by atoms with Gasteiger partial charge in [0.25, 0.3) is 0 Å². The number of hydrogen-bond donors (Lipinski definition) is 2. The van der Waals surface area contributed by atoms with Crippen LogP contribution in [-0.2, 0) is 15.0 Å². The lowest BCUT2D eigenvalue weighted by Crippen LogP contribution is -2.47. The van der Waals surface area contributed by atoms with Crippen molar-refractivity contribution in [2.75, 3.05) is 0 Å². The van der Waals surface area contributed by atoms with Gasteiger partial charge in [0.15, 0.2) is 5.41 Å². The van der Waals surface area contributed by atoms with Crippen molar-refractivity contribution in [3.8, 4) is 6.07 Å². The molecule has 0 bridgehead atoms. The van der Waals surface area contributed by atoms with Gasteiger partial charge in [-0.3, -0.25) is 9.59 Å². The van der Waals surface area contributed by atoms with Crippen molar-refractivity contribution < 1.29 is 24.2 Å². The molecule has 20 heavy (non-hydrogen) atoms. The van der Waals surface area contributed by atoms with Gasteiger partial charge >= 0.3 is 11.9 Å². The third-order valence-corrected chi connectivity index (χ3v) is 3.74. The number of nitriles is 1. The number of aliphatic carboxylic acids is 2. The first kappa shape index (κ1) is 15.6. The summed E-state index contributed by atoms with van der Waals surface area (Å²) in [6.45, 7) is 2.55. The largest absolute Gasteiger partial charge is 0.481 e. The van der Waals surface area contributed by atoms with Gasteiger partial charge in [-0.2, -0.15) is 5.26 Å². The standard InChI is InChI=1S/C14H14FNO4/c1-13(7-11(17)18,14(2,8-16)12(19)20)9-3-5-10(15)6-4-9/h3-6H,7H2,1-2H3,(H,17,18)(H,19,20). The molecule has 2 N–H and O–H groups in total. The average Bonchev–Trinajstić information content (AvgIpc) is 2.37. The Bertz CT molecular complexity index is 578. The van der Waals surface area contributed by atoms with Crippen LogP contribution in [0.15, 0.2) is 24.3 Å². The van der Waals surface area contributed by atoms with E-state index in [0.29, 0.717) is 0 Å². The summed E-state index contributed by atoms with van der Waals surface area (Å²) in [5, 5.41) is 27.6. The monoisotopic (exact) mass is 279 g/mol. The molecule has 0 aromatic heterocycles. The van der Waals surface area contributed by atoms with Crippen molar-refractivity contribution in [1.82, 2.24) is 0 Å². The first-order valence-corrected chi connectivity index (χ1v) is 5.80. The fourth-order valence-corrected chi connectivity index (χ4v) is 2.09. The van der Waals surface area contributed by atoms with Crippen LogP contribution in [0.5, 0.6) is 0 Å². The first-order chi connectivity index (χ1) is 9.17. The summed E-state index contributed by atoms with van der Waals surface area (Å²) in [4.78, 5) is 22.5. The van der Waals surface area contributed by atoms with E-state index in [1.54, 1.807) is 6.07 Å². The summed E-state index contributed by atoms with van der Waals surface area (Å²) in [6, 6.07) is 6.50. The Morgan fingerprint density at radius 2 is 1.75 bits per heavy atom. The van der Waals surface area contributed by atoms with Gasteiger partial charge in [-0.05, 0) is 24.6 Å². The van der Waals surface area contributed by atoms with E-state index in [1.807, 2.05) is 0 Å². The molecule has 0 aliphatic rings. The van der Waals surface area contributed by atoms with E-state index in [1.165, 1.54) is 26.0 Å². The maximum atomic E-state index is 13.0. The molecule has 0 radical (unpaired) electrons.